The molecule has 3 aromatic rings. The Morgan fingerprint density at radius 1 is 1.23 bits per heavy atom. The number of nitriles is 1. The van der Waals surface area contributed by atoms with Crippen LogP contribution in [0.3, 0.4) is 0 Å². The van der Waals surface area contributed by atoms with Crippen LogP contribution in [0, 0.1) is 11.3 Å². The Labute approximate surface area is 128 Å². The molecule has 22 heavy (non-hydrogen) atoms. The molecular weight excluding hydrogens is 276 g/mol. The number of aromatic nitrogens is 1. The van der Waals surface area contributed by atoms with E-state index in [4.69, 9.17) is 10.5 Å². The monoisotopic (exact) mass is 290 g/mol. The van der Waals surface area contributed by atoms with Crippen LogP contribution in [0.2, 0.25) is 0 Å². The molecule has 0 bridgehead atoms. The molecule has 0 amide bonds. The van der Waals surface area contributed by atoms with Gasteiger partial charge < -0.3 is 15.8 Å². The van der Waals surface area contributed by atoms with Gasteiger partial charge in [-0.1, -0.05) is 18.2 Å². The summed E-state index contributed by atoms with van der Waals surface area (Å²) in [6.45, 7) is 0. The number of ether oxygens (including phenoxy) is 1. The molecule has 3 N–H and O–H groups in total. The number of fused-ring (bicyclic) bond motifs is 1. The van der Waals surface area contributed by atoms with Crippen molar-refractivity contribution in [2.45, 2.75) is 0 Å². The molecule has 108 valence electrons. The van der Waals surface area contributed by atoms with Crippen LogP contribution in [0.25, 0.3) is 10.9 Å². The first-order valence-corrected chi connectivity index (χ1v) is 6.71. The van der Waals surface area contributed by atoms with E-state index in [1.807, 2.05) is 36.4 Å². The van der Waals surface area contributed by atoms with Gasteiger partial charge in [-0.15, -0.1) is 0 Å². The number of hydrogen-bond acceptors (Lipinski definition) is 5. The van der Waals surface area contributed by atoms with Crippen molar-refractivity contribution < 1.29 is 4.74 Å². The number of nitrogen functional groups attached to an aromatic ring is 1. The molecule has 1 aromatic heterocycles. The van der Waals surface area contributed by atoms with Crippen LogP contribution in [0.15, 0.2) is 48.7 Å². The Morgan fingerprint density at radius 2 is 2.05 bits per heavy atom. The molecule has 0 aliphatic rings. The highest BCUT2D eigenvalue weighted by molar-refractivity contribution is 6.00. The van der Waals surface area contributed by atoms with E-state index < -0.39 is 0 Å². The van der Waals surface area contributed by atoms with Crippen molar-refractivity contribution >= 4 is 28.0 Å². The number of para-hydroxylation sites is 1. The normalized spacial score (nSPS) is 10.2. The standard InChI is InChI=1S/C17H14N4O/c1-22-13-5-2-4-12(8-13)21-16-11(9-18)10-20-17-14(16)6-3-7-15(17)19/h2-8,10H,19H2,1H3,(H,20,21). The van der Waals surface area contributed by atoms with Gasteiger partial charge in [0.15, 0.2) is 0 Å². The minimum atomic E-state index is 0.459. The SMILES string of the molecule is COc1cccc(Nc2c(C#N)cnc3c(N)cccc23)c1. The zero-order valence-electron chi connectivity index (χ0n) is 12.0. The van der Waals surface area contributed by atoms with Crippen molar-refractivity contribution in [1.29, 1.82) is 5.26 Å². The Morgan fingerprint density at radius 3 is 2.82 bits per heavy atom. The number of anilines is 3. The van der Waals surface area contributed by atoms with Crippen molar-refractivity contribution in [1.82, 2.24) is 4.98 Å². The number of nitrogens with two attached hydrogens (primary N) is 1. The number of nitrogens with zero attached hydrogens (tertiary/aromatic N) is 2. The van der Waals surface area contributed by atoms with E-state index >= 15 is 0 Å². The van der Waals surface area contributed by atoms with Crippen LogP contribution < -0.4 is 15.8 Å². The number of rotatable bonds is 3. The third-order valence-corrected chi connectivity index (χ3v) is 3.39. The van der Waals surface area contributed by atoms with Gasteiger partial charge in [-0.05, 0) is 18.2 Å². The summed E-state index contributed by atoms with van der Waals surface area (Å²) in [5, 5.41) is 13.4. The van der Waals surface area contributed by atoms with Gasteiger partial charge in [0, 0.05) is 23.3 Å². The third-order valence-electron chi connectivity index (χ3n) is 3.39. The molecule has 3 rings (SSSR count). The zero-order chi connectivity index (χ0) is 15.5. The topological polar surface area (TPSA) is 84.0 Å². The predicted octanol–water partition coefficient (Wildman–Crippen LogP) is 3.44. The van der Waals surface area contributed by atoms with Gasteiger partial charge in [-0.2, -0.15) is 5.26 Å². The van der Waals surface area contributed by atoms with E-state index in [1.54, 1.807) is 13.2 Å². The zero-order valence-corrected chi connectivity index (χ0v) is 12.0. The first-order valence-electron chi connectivity index (χ1n) is 6.71. The molecule has 0 atom stereocenters. The van der Waals surface area contributed by atoms with Crippen LogP contribution in [-0.4, -0.2) is 12.1 Å². The average Bonchev–Trinajstić information content (AvgIpc) is 2.56. The molecule has 5 nitrogen and oxygen atoms in total. The second kappa shape index (κ2) is 5.62. The van der Waals surface area contributed by atoms with Crippen molar-refractivity contribution in [2.75, 3.05) is 18.2 Å². The van der Waals surface area contributed by atoms with Gasteiger partial charge in [-0.3, -0.25) is 4.98 Å². The van der Waals surface area contributed by atoms with Gasteiger partial charge in [0.25, 0.3) is 0 Å². The fourth-order valence-electron chi connectivity index (χ4n) is 2.31. The maximum atomic E-state index is 9.34. The first kappa shape index (κ1) is 13.7. The van der Waals surface area contributed by atoms with E-state index in [1.165, 1.54) is 6.20 Å². The molecule has 0 radical (unpaired) electrons. The molecule has 0 spiro atoms. The van der Waals surface area contributed by atoms with Crippen molar-refractivity contribution in [3.63, 3.8) is 0 Å². The Kier molecular flexibility index (Phi) is 3.50. The van der Waals surface area contributed by atoms with E-state index in [9.17, 15) is 5.26 Å². The summed E-state index contributed by atoms with van der Waals surface area (Å²) in [5.74, 6) is 0.737. The lowest BCUT2D eigenvalue weighted by atomic mass is 10.1. The van der Waals surface area contributed by atoms with Gasteiger partial charge in [0.2, 0.25) is 0 Å². The fraction of sp³-hybridized carbons (Fsp3) is 0.0588. The third kappa shape index (κ3) is 2.38. The molecule has 0 unspecified atom stereocenters. The molecule has 0 saturated heterocycles. The smallest absolute Gasteiger partial charge is 0.120 e. The van der Waals surface area contributed by atoms with Gasteiger partial charge in [0.1, 0.15) is 11.8 Å². The Hall–Kier alpha value is -3.26. The molecule has 0 aliphatic heterocycles. The van der Waals surface area contributed by atoms with Crippen molar-refractivity contribution in [3.8, 4) is 11.8 Å². The van der Waals surface area contributed by atoms with E-state index in [-0.39, 0.29) is 0 Å². The Bertz CT molecular complexity index is 883. The summed E-state index contributed by atoms with van der Waals surface area (Å²) in [5.41, 5.74) is 9.19. The highest BCUT2D eigenvalue weighted by atomic mass is 16.5. The second-order valence-electron chi connectivity index (χ2n) is 4.76. The highest BCUT2D eigenvalue weighted by Gasteiger charge is 2.11. The van der Waals surface area contributed by atoms with Crippen LogP contribution in [0.5, 0.6) is 5.75 Å². The van der Waals surface area contributed by atoms with Crippen LogP contribution in [0.1, 0.15) is 5.56 Å². The second-order valence-corrected chi connectivity index (χ2v) is 4.76. The van der Waals surface area contributed by atoms with Crippen LogP contribution >= 0.6 is 0 Å². The van der Waals surface area contributed by atoms with Crippen LogP contribution in [0.4, 0.5) is 17.1 Å². The summed E-state index contributed by atoms with van der Waals surface area (Å²) < 4.78 is 5.22. The number of methoxy groups -OCH3 is 1. The quantitative estimate of drug-likeness (QED) is 0.722. The lowest BCUT2D eigenvalue weighted by Gasteiger charge is -2.13. The maximum Gasteiger partial charge on any atom is 0.120 e. The van der Waals surface area contributed by atoms with Gasteiger partial charge in [-0.25, -0.2) is 0 Å². The molecule has 0 fully saturated rings. The van der Waals surface area contributed by atoms with Crippen LogP contribution in [-0.2, 0) is 0 Å². The highest BCUT2D eigenvalue weighted by Crippen LogP contribution is 2.31. The van der Waals surface area contributed by atoms with Gasteiger partial charge in [0.05, 0.1) is 29.6 Å². The predicted molar refractivity (Wildman–Crippen MR) is 87.1 cm³/mol. The van der Waals surface area contributed by atoms with E-state index in [2.05, 4.69) is 16.4 Å². The van der Waals surface area contributed by atoms with Crippen molar-refractivity contribution in [2.24, 2.45) is 0 Å². The lowest BCUT2D eigenvalue weighted by molar-refractivity contribution is 0.415. The van der Waals surface area contributed by atoms with Crippen molar-refractivity contribution in [3.05, 3.63) is 54.2 Å². The minimum absolute atomic E-state index is 0.459. The van der Waals surface area contributed by atoms with E-state index in [0.717, 1.165) is 16.8 Å². The summed E-state index contributed by atoms with van der Waals surface area (Å²) in [4.78, 5) is 4.28. The summed E-state index contributed by atoms with van der Waals surface area (Å²) in [6.07, 6.45) is 1.53. The Balaban J connectivity index is 2.16. The molecule has 2 aromatic carbocycles. The molecule has 0 aliphatic carbocycles. The van der Waals surface area contributed by atoms with Gasteiger partial charge >= 0.3 is 0 Å². The molecule has 1 heterocycles. The number of benzene rings is 2. The summed E-state index contributed by atoms with van der Waals surface area (Å²) in [6, 6.07) is 15.2. The average molecular weight is 290 g/mol. The van der Waals surface area contributed by atoms with E-state index in [0.29, 0.717) is 22.5 Å². The molecule has 0 saturated carbocycles. The largest absolute Gasteiger partial charge is 0.497 e. The summed E-state index contributed by atoms with van der Waals surface area (Å²) >= 11 is 0. The number of hydrogen-bond donors (Lipinski definition) is 2. The summed E-state index contributed by atoms with van der Waals surface area (Å²) in [7, 11) is 1.61. The number of nitrogens with one attached hydrogen (secondary N) is 1. The number of pyridine rings is 1. The molecule has 5 heteroatoms. The first-order chi connectivity index (χ1) is 10.7. The molecular formula is C17H14N4O. The fourth-order valence-corrected chi connectivity index (χ4v) is 2.31. The lowest BCUT2D eigenvalue weighted by Crippen LogP contribution is -1.98. The minimum Gasteiger partial charge on any atom is -0.497 e. The maximum absolute atomic E-state index is 9.34.